The number of benzene rings is 1. The molecule has 1 fully saturated rings. The Labute approximate surface area is 141 Å². The van der Waals surface area contributed by atoms with Crippen LogP contribution in [-0.4, -0.2) is 41.0 Å². The Bertz CT molecular complexity index is 679. The van der Waals surface area contributed by atoms with E-state index in [-0.39, 0.29) is 11.9 Å². The number of nitrogens with zero attached hydrogens (tertiary/aromatic N) is 2. The molecule has 0 radical (unpaired) electrons. The van der Waals surface area contributed by atoms with Crippen LogP contribution >= 0.6 is 0 Å². The fourth-order valence-electron chi connectivity index (χ4n) is 3.29. The van der Waals surface area contributed by atoms with Crippen LogP contribution in [0, 0.1) is 0 Å². The third-order valence-corrected chi connectivity index (χ3v) is 4.56. The number of amides is 1. The molecule has 6 nitrogen and oxygen atoms in total. The van der Waals surface area contributed by atoms with Gasteiger partial charge in [0.25, 0.3) is 5.91 Å². The van der Waals surface area contributed by atoms with Gasteiger partial charge in [0.2, 0.25) is 0 Å². The van der Waals surface area contributed by atoms with Crippen LogP contribution in [0.2, 0.25) is 0 Å². The van der Waals surface area contributed by atoms with Gasteiger partial charge in [0.15, 0.2) is 5.82 Å². The lowest BCUT2D eigenvalue weighted by molar-refractivity contribution is 0.0651. The molecule has 1 amide bonds. The molecule has 24 heavy (non-hydrogen) atoms. The van der Waals surface area contributed by atoms with E-state index < -0.39 is 0 Å². The maximum atomic E-state index is 12.9. The molecule has 0 aliphatic heterocycles. The van der Waals surface area contributed by atoms with Crippen molar-refractivity contribution in [3.63, 3.8) is 0 Å². The summed E-state index contributed by atoms with van der Waals surface area (Å²) >= 11 is 0. The summed E-state index contributed by atoms with van der Waals surface area (Å²) in [5.74, 6) is 1.81. The van der Waals surface area contributed by atoms with Crippen molar-refractivity contribution < 1.29 is 14.3 Å². The molecule has 1 aliphatic carbocycles. The first-order valence-electron chi connectivity index (χ1n) is 8.24. The van der Waals surface area contributed by atoms with Gasteiger partial charge in [-0.15, -0.1) is 0 Å². The van der Waals surface area contributed by atoms with Crippen molar-refractivity contribution in [2.24, 2.45) is 0 Å². The molecular formula is C18H23N3O3. The Morgan fingerprint density at radius 2 is 2.08 bits per heavy atom. The topological polar surface area (TPSA) is 67.5 Å². The number of methoxy groups -OCH3 is 2. The minimum atomic E-state index is -0.0724. The molecule has 2 aromatic rings. The van der Waals surface area contributed by atoms with Crippen LogP contribution in [0.25, 0.3) is 0 Å². The highest BCUT2D eigenvalue weighted by molar-refractivity contribution is 5.90. The molecule has 0 bridgehead atoms. The van der Waals surface area contributed by atoms with Gasteiger partial charge in [0.05, 0.1) is 20.8 Å². The molecule has 0 atom stereocenters. The number of H-pyrrole nitrogens is 1. The standard InChI is InChI=1S/C18H23N3O3/c1-23-15-7-8-16(24-2)13(11-15)12-21(14-5-3-4-6-14)18(22)17-19-9-10-20-17/h7-11,14H,3-6,12H2,1-2H3,(H,19,20). The summed E-state index contributed by atoms with van der Waals surface area (Å²) in [6.45, 7) is 0.477. The van der Waals surface area contributed by atoms with Crippen molar-refractivity contribution in [1.82, 2.24) is 14.9 Å². The summed E-state index contributed by atoms with van der Waals surface area (Å²) in [5.41, 5.74) is 0.934. The van der Waals surface area contributed by atoms with Crippen LogP contribution in [0.3, 0.4) is 0 Å². The highest BCUT2D eigenvalue weighted by Gasteiger charge is 2.29. The van der Waals surface area contributed by atoms with Crippen molar-refractivity contribution in [2.75, 3.05) is 14.2 Å². The zero-order chi connectivity index (χ0) is 16.9. The average Bonchev–Trinajstić information content (AvgIpc) is 3.32. The number of carbonyl (C=O) groups is 1. The first-order chi connectivity index (χ1) is 11.7. The zero-order valence-corrected chi connectivity index (χ0v) is 14.1. The number of aromatic amines is 1. The van der Waals surface area contributed by atoms with Gasteiger partial charge in [-0.2, -0.15) is 0 Å². The first kappa shape index (κ1) is 16.4. The fraction of sp³-hybridized carbons (Fsp3) is 0.444. The quantitative estimate of drug-likeness (QED) is 0.884. The lowest BCUT2D eigenvalue weighted by Crippen LogP contribution is -2.39. The second-order valence-electron chi connectivity index (χ2n) is 5.99. The van der Waals surface area contributed by atoms with Crippen molar-refractivity contribution in [2.45, 2.75) is 38.3 Å². The van der Waals surface area contributed by atoms with Crippen LogP contribution in [0.15, 0.2) is 30.6 Å². The molecule has 1 aromatic carbocycles. The maximum Gasteiger partial charge on any atom is 0.290 e. The van der Waals surface area contributed by atoms with Gasteiger partial charge >= 0.3 is 0 Å². The molecular weight excluding hydrogens is 306 g/mol. The van der Waals surface area contributed by atoms with Gasteiger partial charge in [0, 0.05) is 24.0 Å². The summed E-state index contributed by atoms with van der Waals surface area (Å²) in [7, 11) is 3.27. The van der Waals surface area contributed by atoms with Gasteiger partial charge < -0.3 is 19.4 Å². The Morgan fingerprint density at radius 3 is 2.71 bits per heavy atom. The van der Waals surface area contributed by atoms with E-state index in [1.54, 1.807) is 26.6 Å². The second kappa shape index (κ2) is 7.38. The lowest BCUT2D eigenvalue weighted by Gasteiger charge is -2.29. The zero-order valence-electron chi connectivity index (χ0n) is 14.1. The molecule has 1 N–H and O–H groups in total. The van der Waals surface area contributed by atoms with Crippen molar-refractivity contribution in [1.29, 1.82) is 0 Å². The SMILES string of the molecule is COc1ccc(OC)c(CN(C(=O)c2ncc[nH]2)C2CCCC2)c1. The Balaban J connectivity index is 1.90. The summed E-state index contributed by atoms with van der Waals surface area (Å²) in [4.78, 5) is 21.9. The number of rotatable bonds is 6. The van der Waals surface area contributed by atoms with E-state index in [2.05, 4.69) is 9.97 Å². The first-order valence-corrected chi connectivity index (χ1v) is 8.24. The van der Waals surface area contributed by atoms with Crippen LogP contribution in [-0.2, 0) is 6.54 Å². The summed E-state index contributed by atoms with van der Waals surface area (Å²) in [6.07, 6.45) is 7.64. The second-order valence-corrected chi connectivity index (χ2v) is 5.99. The highest BCUT2D eigenvalue weighted by Crippen LogP contribution is 2.30. The average molecular weight is 329 g/mol. The molecule has 3 rings (SSSR count). The summed E-state index contributed by atoms with van der Waals surface area (Å²) < 4.78 is 10.8. The normalized spacial score (nSPS) is 14.6. The van der Waals surface area contributed by atoms with E-state index in [1.807, 2.05) is 23.1 Å². The van der Waals surface area contributed by atoms with Gasteiger partial charge in [-0.3, -0.25) is 4.79 Å². The smallest absolute Gasteiger partial charge is 0.290 e. The van der Waals surface area contributed by atoms with Crippen molar-refractivity contribution in [3.05, 3.63) is 42.0 Å². The molecule has 128 valence electrons. The third-order valence-electron chi connectivity index (χ3n) is 4.56. The number of imidazole rings is 1. The van der Waals surface area contributed by atoms with Crippen LogP contribution in [0.5, 0.6) is 11.5 Å². The maximum absolute atomic E-state index is 12.9. The van der Waals surface area contributed by atoms with Crippen LogP contribution < -0.4 is 9.47 Å². The van der Waals surface area contributed by atoms with Gasteiger partial charge in [-0.1, -0.05) is 12.8 Å². The predicted octanol–water partition coefficient (Wildman–Crippen LogP) is 3.01. The van der Waals surface area contributed by atoms with Gasteiger partial charge in [-0.25, -0.2) is 4.98 Å². The van der Waals surface area contributed by atoms with E-state index in [0.717, 1.165) is 42.7 Å². The fourth-order valence-corrected chi connectivity index (χ4v) is 3.29. The van der Waals surface area contributed by atoms with E-state index in [9.17, 15) is 4.79 Å². The largest absolute Gasteiger partial charge is 0.497 e. The number of carbonyl (C=O) groups excluding carboxylic acids is 1. The molecule has 1 heterocycles. The van der Waals surface area contributed by atoms with Crippen molar-refractivity contribution >= 4 is 5.91 Å². The number of nitrogens with one attached hydrogen (secondary N) is 1. The Kier molecular flexibility index (Phi) is 5.03. The van der Waals surface area contributed by atoms with Gasteiger partial charge in [0.1, 0.15) is 11.5 Å². The minimum absolute atomic E-state index is 0.0724. The monoisotopic (exact) mass is 329 g/mol. The molecule has 6 heteroatoms. The van der Waals surface area contributed by atoms with E-state index in [4.69, 9.17) is 9.47 Å². The molecule has 0 spiro atoms. The predicted molar refractivity (Wildman–Crippen MR) is 90.3 cm³/mol. The minimum Gasteiger partial charge on any atom is -0.497 e. The number of hydrogen-bond donors (Lipinski definition) is 1. The number of ether oxygens (including phenoxy) is 2. The van der Waals surface area contributed by atoms with Crippen LogP contribution in [0.1, 0.15) is 41.9 Å². The third kappa shape index (κ3) is 3.37. The Hall–Kier alpha value is -2.50. The summed E-state index contributed by atoms with van der Waals surface area (Å²) in [6, 6.07) is 5.89. The lowest BCUT2D eigenvalue weighted by atomic mass is 10.1. The van der Waals surface area contributed by atoms with E-state index in [1.165, 1.54) is 0 Å². The molecule has 1 saturated carbocycles. The molecule has 0 unspecified atom stereocenters. The van der Waals surface area contributed by atoms with Gasteiger partial charge in [-0.05, 0) is 31.0 Å². The molecule has 1 aliphatic rings. The molecule has 1 aromatic heterocycles. The molecule has 0 saturated heterocycles. The summed E-state index contributed by atoms with van der Waals surface area (Å²) in [5, 5.41) is 0. The van der Waals surface area contributed by atoms with Crippen molar-refractivity contribution in [3.8, 4) is 11.5 Å². The number of aromatic nitrogens is 2. The highest BCUT2D eigenvalue weighted by atomic mass is 16.5. The Morgan fingerprint density at radius 1 is 1.29 bits per heavy atom. The van der Waals surface area contributed by atoms with E-state index in [0.29, 0.717) is 12.4 Å². The number of hydrogen-bond acceptors (Lipinski definition) is 4. The van der Waals surface area contributed by atoms with Crippen LogP contribution in [0.4, 0.5) is 0 Å². The van der Waals surface area contributed by atoms with E-state index >= 15 is 0 Å².